The van der Waals surface area contributed by atoms with Gasteiger partial charge in [-0.25, -0.2) is 4.79 Å². The molecule has 0 fully saturated rings. The average molecular weight is 299 g/mol. The molecule has 114 valence electrons. The van der Waals surface area contributed by atoms with Gasteiger partial charge in [-0.2, -0.15) is 0 Å². The van der Waals surface area contributed by atoms with Gasteiger partial charge in [-0.15, -0.1) is 0 Å². The number of carboxylic acids is 1. The van der Waals surface area contributed by atoms with Crippen LogP contribution in [-0.4, -0.2) is 36.1 Å². The minimum Gasteiger partial charge on any atom is -0.507 e. The van der Waals surface area contributed by atoms with Crippen molar-refractivity contribution >= 4 is 17.4 Å². The zero-order chi connectivity index (χ0) is 16.4. The van der Waals surface area contributed by atoms with Gasteiger partial charge in [-0.1, -0.05) is 18.2 Å². The van der Waals surface area contributed by atoms with E-state index in [0.717, 1.165) is 11.3 Å². The Kier molecular flexibility index (Phi) is 4.17. The first kappa shape index (κ1) is 15.6. The SMILES string of the molecule is Cc1cc(C(=O)c2ccccc2C(=O)O)c(O)cc1N(C)C. The Morgan fingerprint density at radius 3 is 2.14 bits per heavy atom. The maximum absolute atomic E-state index is 12.6. The maximum Gasteiger partial charge on any atom is 0.336 e. The molecule has 0 amide bonds. The molecule has 5 heteroatoms. The monoisotopic (exact) mass is 299 g/mol. The number of hydrogen-bond acceptors (Lipinski definition) is 4. The van der Waals surface area contributed by atoms with Gasteiger partial charge in [0.2, 0.25) is 0 Å². The molecule has 0 bridgehead atoms. The number of aromatic carboxylic acids is 1. The van der Waals surface area contributed by atoms with Gasteiger partial charge in [0, 0.05) is 31.4 Å². The molecule has 0 saturated carbocycles. The van der Waals surface area contributed by atoms with Gasteiger partial charge >= 0.3 is 5.97 Å². The maximum atomic E-state index is 12.6. The molecular weight excluding hydrogens is 282 g/mol. The predicted molar refractivity (Wildman–Crippen MR) is 84.0 cm³/mol. The molecule has 0 aliphatic rings. The van der Waals surface area contributed by atoms with Crippen LogP contribution in [0.3, 0.4) is 0 Å². The zero-order valence-corrected chi connectivity index (χ0v) is 12.6. The van der Waals surface area contributed by atoms with Crippen LogP contribution in [0.15, 0.2) is 36.4 Å². The molecule has 0 radical (unpaired) electrons. The number of benzene rings is 2. The average Bonchev–Trinajstić information content (AvgIpc) is 2.48. The fraction of sp³-hybridized carbons (Fsp3) is 0.176. The number of aromatic hydroxyl groups is 1. The normalized spacial score (nSPS) is 10.3. The number of ketones is 1. The molecule has 0 aromatic heterocycles. The van der Waals surface area contributed by atoms with Gasteiger partial charge in [0.05, 0.1) is 11.1 Å². The van der Waals surface area contributed by atoms with Crippen molar-refractivity contribution in [2.75, 3.05) is 19.0 Å². The topological polar surface area (TPSA) is 77.8 Å². The summed E-state index contributed by atoms with van der Waals surface area (Å²) in [5, 5.41) is 19.3. The zero-order valence-electron chi connectivity index (χ0n) is 12.6. The lowest BCUT2D eigenvalue weighted by Gasteiger charge is -2.17. The minimum absolute atomic E-state index is 0.0577. The quantitative estimate of drug-likeness (QED) is 0.849. The molecule has 0 atom stereocenters. The number of hydrogen-bond donors (Lipinski definition) is 2. The molecule has 2 aromatic rings. The molecule has 22 heavy (non-hydrogen) atoms. The molecule has 2 rings (SSSR count). The smallest absolute Gasteiger partial charge is 0.336 e. The van der Waals surface area contributed by atoms with Crippen LogP contribution < -0.4 is 4.90 Å². The highest BCUT2D eigenvalue weighted by Crippen LogP contribution is 2.30. The first-order valence-electron chi connectivity index (χ1n) is 6.71. The van der Waals surface area contributed by atoms with Gasteiger partial charge in [-0.05, 0) is 24.6 Å². The lowest BCUT2D eigenvalue weighted by Crippen LogP contribution is -2.13. The van der Waals surface area contributed by atoms with Crippen molar-refractivity contribution in [2.24, 2.45) is 0 Å². The first-order chi connectivity index (χ1) is 10.3. The third-order valence-electron chi connectivity index (χ3n) is 3.44. The molecule has 0 unspecified atom stereocenters. The molecule has 0 heterocycles. The van der Waals surface area contributed by atoms with E-state index in [1.165, 1.54) is 18.2 Å². The Labute approximate surface area is 128 Å². The van der Waals surface area contributed by atoms with Crippen LogP contribution >= 0.6 is 0 Å². The first-order valence-corrected chi connectivity index (χ1v) is 6.71. The Morgan fingerprint density at radius 1 is 1.00 bits per heavy atom. The molecule has 2 N–H and O–H groups in total. The van der Waals surface area contributed by atoms with Crippen molar-refractivity contribution < 1.29 is 19.8 Å². The van der Waals surface area contributed by atoms with Gasteiger partial charge in [0.25, 0.3) is 0 Å². The second kappa shape index (κ2) is 5.89. The standard InChI is InChI=1S/C17H17NO4/c1-10-8-13(15(19)9-14(10)18(2)3)16(20)11-6-4-5-7-12(11)17(21)22/h4-9,19H,1-3H3,(H,21,22). The largest absolute Gasteiger partial charge is 0.507 e. The van der Waals surface area contributed by atoms with Crippen LogP contribution in [0.4, 0.5) is 5.69 Å². The summed E-state index contributed by atoms with van der Waals surface area (Å²) in [6.07, 6.45) is 0. The second-order valence-corrected chi connectivity index (χ2v) is 5.23. The Balaban J connectivity index is 2.56. The van der Waals surface area contributed by atoms with Crippen LogP contribution in [0.2, 0.25) is 0 Å². The Bertz CT molecular complexity index is 750. The Morgan fingerprint density at radius 2 is 1.59 bits per heavy atom. The van der Waals surface area contributed by atoms with E-state index in [9.17, 15) is 19.8 Å². The summed E-state index contributed by atoms with van der Waals surface area (Å²) < 4.78 is 0. The highest BCUT2D eigenvalue weighted by Gasteiger charge is 2.21. The number of rotatable bonds is 4. The number of carbonyl (C=O) groups excluding carboxylic acids is 1. The van der Waals surface area contributed by atoms with E-state index in [1.54, 1.807) is 18.2 Å². The third kappa shape index (κ3) is 2.79. The van der Waals surface area contributed by atoms with Crippen molar-refractivity contribution in [1.82, 2.24) is 0 Å². The fourth-order valence-corrected chi connectivity index (χ4v) is 2.36. The summed E-state index contributed by atoms with van der Waals surface area (Å²) in [6.45, 7) is 1.83. The van der Waals surface area contributed by atoms with Crippen LogP contribution in [0.5, 0.6) is 5.75 Å². The molecule has 0 aliphatic heterocycles. The van der Waals surface area contributed by atoms with E-state index >= 15 is 0 Å². The van der Waals surface area contributed by atoms with Crippen LogP contribution in [0.1, 0.15) is 31.8 Å². The summed E-state index contributed by atoms with van der Waals surface area (Å²) in [5.41, 5.74) is 1.68. The number of aryl methyl sites for hydroxylation is 1. The molecule has 0 saturated heterocycles. The summed E-state index contributed by atoms with van der Waals surface area (Å²) in [6, 6.07) is 9.05. The van der Waals surface area contributed by atoms with Gasteiger partial charge in [-0.3, -0.25) is 4.79 Å². The van der Waals surface area contributed by atoms with E-state index in [0.29, 0.717) is 0 Å². The van der Waals surface area contributed by atoms with E-state index in [2.05, 4.69) is 0 Å². The number of nitrogens with zero attached hydrogens (tertiary/aromatic N) is 1. The van der Waals surface area contributed by atoms with Gasteiger partial charge < -0.3 is 15.1 Å². The highest BCUT2D eigenvalue weighted by atomic mass is 16.4. The molecule has 0 aliphatic carbocycles. The summed E-state index contributed by atoms with van der Waals surface area (Å²) in [5.74, 6) is -1.85. The van der Waals surface area contributed by atoms with E-state index in [4.69, 9.17) is 0 Å². The van der Waals surface area contributed by atoms with Crippen molar-refractivity contribution in [3.8, 4) is 5.75 Å². The van der Waals surface area contributed by atoms with Crippen molar-refractivity contribution in [2.45, 2.75) is 6.92 Å². The molecule has 0 spiro atoms. The van der Waals surface area contributed by atoms with Gasteiger partial charge in [0.15, 0.2) is 5.78 Å². The summed E-state index contributed by atoms with van der Waals surface area (Å²) in [4.78, 5) is 25.6. The number of carbonyl (C=O) groups is 2. The van der Waals surface area contributed by atoms with Crippen molar-refractivity contribution in [1.29, 1.82) is 0 Å². The summed E-state index contributed by atoms with van der Waals surface area (Å²) in [7, 11) is 3.67. The lowest BCUT2D eigenvalue weighted by molar-refractivity contribution is 0.0692. The third-order valence-corrected chi connectivity index (χ3v) is 3.44. The minimum atomic E-state index is -1.18. The molecule has 5 nitrogen and oxygen atoms in total. The predicted octanol–water partition coefficient (Wildman–Crippen LogP) is 2.70. The van der Waals surface area contributed by atoms with E-state index in [1.807, 2.05) is 25.9 Å². The Hall–Kier alpha value is -2.82. The fourth-order valence-electron chi connectivity index (χ4n) is 2.36. The van der Waals surface area contributed by atoms with Crippen LogP contribution in [-0.2, 0) is 0 Å². The summed E-state index contributed by atoms with van der Waals surface area (Å²) >= 11 is 0. The van der Waals surface area contributed by atoms with Gasteiger partial charge in [0.1, 0.15) is 5.75 Å². The van der Waals surface area contributed by atoms with Crippen molar-refractivity contribution in [3.63, 3.8) is 0 Å². The highest BCUT2D eigenvalue weighted by molar-refractivity contribution is 6.15. The molecule has 2 aromatic carbocycles. The van der Waals surface area contributed by atoms with E-state index in [-0.39, 0.29) is 22.4 Å². The lowest BCUT2D eigenvalue weighted by atomic mass is 9.96. The number of anilines is 1. The molecular formula is C17H17NO4. The number of carboxylic acid groups (broad SMARTS) is 1. The van der Waals surface area contributed by atoms with Crippen LogP contribution in [0, 0.1) is 6.92 Å². The second-order valence-electron chi connectivity index (χ2n) is 5.23. The van der Waals surface area contributed by atoms with E-state index < -0.39 is 11.8 Å². The van der Waals surface area contributed by atoms with Crippen LogP contribution in [0.25, 0.3) is 0 Å². The number of phenolic OH excluding ortho intramolecular Hbond substituents is 1. The van der Waals surface area contributed by atoms with Crippen molar-refractivity contribution in [3.05, 3.63) is 58.7 Å². The number of phenols is 1.